The average molecular weight is 105 g/mol. The predicted octanol–water partition coefficient (Wildman–Crippen LogP) is 1.87. The highest BCUT2D eigenvalue weighted by atomic mass is 14.4. The van der Waals surface area contributed by atoms with Gasteiger partial charge in [-0.05, 0) is 12.5 Å². The van der Waals surface area contributed by atoms with Crippen molar-refractivity contribution >= 4 is 0 Å². The van der Waals surface area contributed by atoms with Gasteiger partial charge in [-0.15, -0.1) is 0 Å². The molecule has 48 valence electrons. The molecule has 2 N–H and O–H groups in total. The Balaban J connectivity index is -0.0000000750. The van der Waals surface area contributed by atoms with Gasteiger partial charge >= 0.3 is 0 Å². The molecule has 0 aliphatic carbocycles. The highest BCUT2D eigenvalue weighted by Crippen LogP contribution is 2.07. The van der Waals surface area contributed by atoms with Gasteiger partial charge in [0.1, 0.15) is 0 Å². The van der Waals surface area contributed by atoms with Crippen LogP contribution < -0.4 is 5.73 Å². The fourth-order valence-corrected chi connectivity index (χ4v) is 0. The molecule has 0 heterocycles. The zero-order chi connectivity index (χ0) is 6.50. The van der Waals surface area contributed by atoms with E-state index in [1.807, 2.05) is 0 Å². The molecule has 0 unspecified atom stereocenters. The van der Waals surface area contributed by atoms with E-state index in [4.69, 9.17) is 0 Å². The van der Waals surface area contributed by atoms with Crippen molar-refractivity contribution < 1.29 is 1.43 Å². The molecule has 1 nitrogen and oxygen atoms in total. The van der Waals surface area contributed by atoms with Crippen molar-refractivity contribution in [2.75, 3.05) is 7.05 Å². The van der Waals surface area contributed by atoms with Crippen molar-refractivity contribution in [3.8, 4) is 0 Å². The van der Waals surface area contributed by atoms with Crippen LogP contribution in [0.1, 0.15) is 29.1 Å². The SMILES string of the molecule is CC(C)(C)C.CN.[HH]. The topological polar surface area (TPSA) is 26.0 Å². The number of rotatable bonds is 0. The third-order valence-corrected chi connectivity index (χ3v) is 0. The Bertz CT molecular complexity index is 24.0. The lowest BCUT2D eigenvalue weighted by atomic mass is 10.0. The maximum atomic E-state index is 4.50. The van der Waals surface area contributed by atoms with E-state index < -0.39 is 0 Å². The molecule has 0 atom stereocenters. The van der Waals surface area contributed by atoms with Gasteiger partial charge in [0.25, 0.3) is 0 Å². The van der Waals surface area contributed by atoms with Gasteiger partial charge in [-0.2, -0.15) is 0 Å². The largest absolute Gasteiger partial charge is 0.333 e. The molecular formula is C6H19N. The fraction of sp³-hybridized carbons (Fsp3) is 1.00. The standard InChI is InChI=1S/C5H12.CH5N.H2/c1-5(2,3)4;1-2;/h1-4H3;2H2,1H3;1H. The van der Waals surface area contributed by atoms with E-state index in [2.05, 4.69) is 33.4 Å². The minimum atomic E-state index is 0. The lowest BCUT2D eigenvalue weighted by Gasteiger charge is -2.05. The normalized spacial score (nSPS) is 9.43. The summed E-state index contributed by atoms with van der Waals surface area (Å²) in [6, 6.07) is 0. The molecule has 0 aromatic carbocycles. The van der Waals surface area contributed by atoms with E-state index in [0.29, 0.717) is 5.41 Å². The van der Waals surface area contributed by atoms with Crippen molar-refractivity contribution in [2.24, 2.45) is 11.1 Å². The second-order valence-electron chi connectivity index (χ2n) is 3.00. The predicted molar refractivity (Wildman–Crippen MR) is 37.4 cm³/mol. The van der Waals surface area contributed by atoms with Gasteiger partial charge in [-0.3, -0.25) is 0 Å². The summed E-state index contributed by atoms with van der Waals surface area (Å²) in [7, 11) is 1.50. The number of hydrogen-bond donors (Lipinski definition) is 1. The van der Waals surface area contributed by atoms with Gasteiger partial charge in [-0.1, -0.05) is 27.7 Å². The van der Waals surface area contributed by atoms with Crippen molar-refractivity contribution in [3.05, 3.63) is 0 Å². The Hall–Kier alpha value is -0.0400. The molecular weight excluding hydrogens is 86.1 g/mol. The first kappa shape index (κ1) is 10.0. The maximum Gasteiger partial charge on any atom is 0 e. The quantitative estimate of drug-likeness (QED) is 0.500. The van der Waals surface area contributed by atoms with Gasteiger partial charge < -0.3 is 5.73 Å². The average Bonchev–Trinajstić information content (AvgIpc) is 1.36. The maximum absolute atomic E-state index is 4.50. The second kappa shape index (κ2) is 4.13. The number of nitrogens with two attached hydrogens (primary N) is 1. The fourth-order valence-electron chi connectivity index (χ4n) is 0. The van der Waals surface area contributed by atoms with Crippen LogP contribution in [0.5, 0.6) is 0 Å². The van der Waals surface area contributed by atoms with Gasteiger partial charge in [0.05, 0.1) is 0 Å². The van der Waals surface area contributed by atoms with E-state index >= 15 is 0 Å². The zero-order valence-electron chi connectivity index (χ0n) is 6.08. The van der Waals surface area contributed by atoms with E-state index in [0.717, 1.165) is 0 Å². The lowest BCUT2D eigenvalue weighted by Crippen LogP contribution is -1.93. The second-order valence-corrected chi connectivity index (χ2v) is 3.00. The Morgan fingerprint density at radius 1 is 1.00 bits per heavy atom. The van der Waals surface area contributed by atoms with Crippen LogP contribution in [0.15, 0.2) is 0 Å². The number of hydrogen-bond acceptors (Lipinski definition) is 1. The third kappa shape index (κ3) is 58400. The molecule has 0 bridgehead atoms. The Labute approximate surface area is 48.4 Å². The first-order valence-electron chi connectivity index (χ1n) is 2.58. The van der Waals surface area contributed by atoms with Crippen molar-refractivity contribution in [1.29, 1.82) is 0 Å². The van der Waals surface area contributed by atoms with E-state index in [-0.39, 0.29) is 1.43 Å². The van der Waals surface area contributed by atoms with E-state index in [1.165, 1.54) is 7.05 Å². The Kier molecular flexibility index (Phi) is 5.93. The minimum Gasteiger partial charge on any atom is -0.333 e. The van der Waals surface area contributed by atoms with Crippen LogP contribution in [0.25, 0.3) is 0 Å². The lowest BCUT2D eigenvalue weighted by molar-refractivity contribution is 0.469. The summed E-state index contributed by atoms with van der Waals surface area (Å²) in [5.41, 5.74) is 5.00. The first-order chi connectivity index (χ1) is 3.00. The molecule has 0 radical (unpaired) electrons. The summed E-state index contributed by atoms with van der Waals surface area (Å²) in [6.45, 7) is 8.75. The van der Waals surface area contributed by atoms with Gasteiger partial charge in [0.15, 0.2) is 0 Å². The molecule has 0 saturated heterocycles. The molecule has 0 aromatic rings. The van der Waals surface area contributed by atoms with Crippen molar-refractivity contribution in [1.82, 2.24) is 0 Å². The molecule has 0 rings (SSSR count). The van der Waals surface area contributed by atoms with E-state index in [9.17, 15) is 0 Å². The van der Waals surface area contributed by atoms with Crippen LogP contribution >= 0.6 is 0 Å². The first-order valence-corrected chi connectivity index (χ1v) is 2.58. The van der Waals surface area contributed by atoms with Gasteiger partial charge in [0.2, 0.25) is 0 Å². The molecule has 7 heavy (non-hydrogen) atoms. The van der Waals surface area contributed by atoms with Crippen LogP contribution in [0.3, 0.4) is 0 Å². The molecule has 0 aliphatic rings. The van der Waals surface area contributed by atoms with Crippen LogP contribution in [0.4, 0.5) is 0 Å². The van der Waals surface area contributed by atoms with Gasteiger partial charge in [-0.25, -0.2) is 0 Å². The highest BCUT2D eigenvalue weighted by Gasteiger charge is 1.95. The van der Waals surface area contributed by atoms with Crippen LogP contribution in [-0.4, -0.2) is 7.05 Å². The molecule has 0 saturated carbocycles. The van der Waals surface area contributed by atoms with Crippen molar-refractivity contribution in [3.63, 3.8) is 0 Å². The van der Waals surface area contributed by atoms with Crippen LogP contribution in [0, 0.1) is 5.41 Å². The summed E-state index contributed by atoms with van der Waals surface area (Å²) >= 11 is 0. The molecule has 0 fully saturated rings. The van der Waals surface area contributed by atoms with Crippen LogP contribution in [0.2, 0.25) is 0 Å². The van der Waals surface area contributed by atoms with E-state index in [1.54, 1.807) is 0 Å². The molecule has 1 heteroatoms. The highest BCUT2D eigenvalue weighted by molar-refractivity contribution is 4.47. The van der Waals surface area contributed by atoms with Gasteiger partial charge in [0, 0.05) is 1.43 Å². The molecule has 0 spiro atoms. The molecule has 0 aromatic heterocycles. The monoisotopic (exact) mass is 105 g/mol. The summed E-state index contributed by atoms with van der Waals surface area (Å²) in [5.74, 6) is 0. The Morgan fingerprint density at radius 2 is 1.00 bits per heavy atom. The van der Waals surface area contributed by atoms with Crippen molar-refractivity contribution in [2.45, 2.75) is 27.7 Å². The summed E-state index contributed by atoms with van der Waals surface area (Å²) < 4.78 is 0. The molecule has 0 aliphatic heterocycles. The van der Waals surface area contributed by atoms with Crippen LogP contribution in [-0.2, 0) is 0 Å². The summed E-state index contributed by atoms with van der Waals surface area (Å²) in [4.78, 5) is 0. The smallest absolute Gasteiger partial charge is 0 e. The summed E-state index contributed by atoms with van der Waals surface area (Å²) in [5, 5.41) is 0. The molecule has 0 amide bonds. The Morgan fingerprint density at radius 3 is 1.00 bits per heavy atom. The zero-order valence-corrected chi connectivity index (χ0v) is 6.08. The third-order valence-electron chi connectivity index (χ3n) is 0. The minimum absolute atomic E-state index is 0. The summed E-state index contributed by atoms with van der Waals surface area (Å²) in [6.07, 6.45) is 0.